The molecule has 0 spiro atoms. The van der Waals surface area contributed by atoms with E-state index in [1.807, 2.05) is 19.9 Å². The number of nitrogens with zero attached hydrogens (tertiary/aromatic N) is 4. The second kappa shape index (κ2) is 9.57. The lowest BCUT2D eigenvalue weighted by Gasteiger charge is -2.20. The van der Waals surface area contributed by atoms with E-state index in [1.165, 1.54) is 11.7 Å². The van der Waals surface area contributed by atoms with Gasteiger partial charge >= 0.3 is 5.97 Å². The fourth-order valence-corrected chi connectivity index (χ4v) is 4.16. The molecule has 1 N–H and O–H groups in total. The van der Waals surface area contributed by atoms with Gasteiger partial charge in [-0.25, -0.2) is 14.8 Å². The third-order valence-electron chi connectivity index (χ3n) is 5.72. The molecule has 0 unspecified atom stereocenters. The Labute approximate surface area is 206 Å². The lowest BCUT2D eigenvalue weighted by molar-refractivity contribution is 0.0595. The summed E-state index contributed by atoms with van der Waals surface area (Å²) in [6.07, 6.45) is 0. The number of methoxy groups -OCH3 is 1. The van der Waals surface area contributed by atoms with Crippen LogP contribution in [0.1, 0.15) is 40.1 Å². The number of hydrogen-bond donors (Lipinski definition) is 1. The third-order valence-corrected chi connectivity index (χ3v) is 5.93. The highest BCUT2D eigenvalue weighted by Crippen LogP contribution is 2.30. The largest absolute Gasteiger partial charge is 0.464 e. The molecule has 0 radical (unpaired) electrons. The highest BCUT2D eigenvalue weighted by molar-refractivity contribution is 6.29. The first-order chi connectivity index (χ1) is 16.7. The summed E-state index contributed by atoms with van der Waals surface area (Å²) in [4.78, 5) is 34.6. The number of rotatable bonds is 5. The van der Waals surface area contributed by atoms with Gasteiger partial charge in [0.1, 0.15) is 11.0 Å². The smallest absolute Gasteiger partial charge is 0.358 e. The predicted molar refractivity (Wildman–Crippen MR) is 134 cm³/mol. The summed E-state index contributed by atoms with van der Waals surface area (Å²) in [5, 5.41) is 13.5. The minimum atomic E-state index is -0.626. The summed E-state index contributed by atoms with van der Waals surface area (Å²) < 4.78 is 6.30. The van der Waals surface area contributed by atoms with Crippen molar-refractivity contribution in [1.82, 2.24) is 14.5 Å². The molecule has 0 saturated heterocycles. The van der Waals surface area contributed by atoms with E-state index in [9.17, 15) is 14.9 Å². The number of anilines is 1. The molecular weight excluding hydrogens is 466 g/mol. The summed E-state index contributed by atoms with van der Waals surface area (Å²) in [7, 11) is 2.91. The highest BCUT2D eigenvalue weighted by atomic mass is 35.5. The van der Waals surface area contributed by atoms with E-state index in [4.69, 9.17) is 21.3 Å². The number of nitrogens with one attached hydrogen (secondary N) is 1. The Morgan fingerprint density at radius 2 is 1.94 bits per heavy atom. The monoisotopic (exact) mass is 487 g/mol. The molecule has 0 bridgehead atoms. The fourth-order valence-electron chi connectivity index (χ4n) is 4.01. The number of benzene rings is 2. The van der Waals surface area contributed by atoms with E-state index >= 15 is 0 Å². The van der Waals surface area contributed by atoms with Crippen molar-refractivity contribution in [2.75, 3.05) is 12.4 Å². The minimum absolute atomic E-state index is 0.0521. The van der Waals surface area contributed by atoms with Crippen LogP contribution in [0.3, 0.4) is 0 Å². The van der Waals surface area contributed by atoms with Crippen molar-refractivity contribution in [2.24, 2.45) is 7.05 Å². The van der Waals surface area contributed by atoms with Gasteiger partial charge in [-0.15, -0.1) is 0 Å². The Morgan fingerprint density at radius 1 is 1.20 bits per heavy atom. The molecule has 0 saturated carbocycles. The molecule has 2 heterocycles. The van der Waals surface area contributed by atoms with Crippen LogP contribution in [0.4, 0.5) is 5.69 Å². The zero-order valence-electron chi connectivity index (χ0n) is 19.6. The molecule has 2 aromatic carbocycles. The molecule has 8 nitrogen and oxygen atoms in total. The van der Waals surface area contributed by atoms with Gasteiger partial charge in [-0.05, 0) is 49.7 Å². The summed E-state index contributed by atoms with van der Waals surface area (Å²) >= 11 is 5.99. The number of halogens is 1. The highest BCUT2D eigenvalue weighted by Gasteiger charge is 2.21. The molecule has 4 aromatic rings. The Balaban J connectivity index is 1.91. The van der Waals surface area contributed by atoms with Crippen LogP contribution in [0.25, 0.3) is 22.3 Å². The van der Waals surface area contributed by atoms with Crippen molar-refractivity contribution in [3.63, 3.8) is 0 Å². The summed E-state index contributed by atoms with van der Waals surface area (Å²) in [6, 6.07) is 15.8. The standard InChI is InChI=1S/C26H22ClN5O3/c1-14-11-18(15(2)29-20-9-10-21(27)30-23(20)26(34)35-4)22-19(12-14)25(33)32(3)24(31-22)17-8-6-5-7-16(17)13-28/h5-12,15,29H,1-4H3/t15-/m1/s1. The Kier molecular flexibility index (Phi) is 6.54. The van der Waals surface area contributed by atoms with Crippen molar-refractivity contribution in [1.29, 1.82) is 5.26 Å². The Hall–Kier alpha value is -4.22. The molecule has 0 fully saturated rings. The van der Waals surface area contributed by atoms with E-state index in [2.05, 4.69) is 16.4 Å². The molecule has 176 valence electrons. The van der Waals surface area contributed by atoms with Gasteiger partial charge in [-0.3, -0.25) is 9.36 Å². The normalized spacial score (nSPS) is 11.7. The predicted octanol–water partition coefficient (Wildman–Crippen LogP) is 4.79. The van der Waals surface area contributed by atoms with Gasteiger partial charge in [0.2, 0.25) is 0 Å². The lowest BCUT2D eigenvalue weighted by atomic mass is 10.00. The number of esters is 1. The molecule has 0 amide bonds. The van der Waals surface area contributed by atoms with E-state index in [0.717, 1.165) is 11.1 Å². The van der Waals surface area contributed by atoms with Crippen LogP contribution in [-0.2, 0) is 11.8 Å². The molecule has 4 rings (SSSR count). The number of pyridine rings is 1. The molecule has 0 aliphatic rings. The molecule has 35 heavy (non-hydrogen) atoms. The summed E-state index contributed by atoms with van der Waals surface area (Å²) in [5.74, 6) is -0.237. The number of aromatic nitrogens is 3. The maximum atomic E-state index is 13.4. The van der Waals surface area contributed by atoms with Crippen LogP contribution in [0.5, 0.6) is 0 Å². The maximum absolute atomic E-state index is 13.4. The third kappa shape index (κ3) is 4.46. The number of hydrogen-bond acceptors (Lipinski definition) is 7. The average Bonchev–Trinajstić information content (AvgIpc) is 2.86. The summed E-state index contributed by atoms with van der Waals surface area (Å²) in [5.41, 5.74) is 3.38. The van der Waals surface area contributed by atoms with Gasteiger partial charge in [0.25, 0.3) is 5.56 Å². The number of fused-ring (bicyclic) bond motifs is 1. The number of carbonyl (C=O) groups excluding carboxylic acids is 1. The van der Waals surface area contributed by atoms with Crippen LogP contribution in [-0.4, -0.2) is 27.6 Å². The van der Waals surface area contributed by atoms with Gasteiger partial charge < -0.3 is 10.1 Å². The van der Waals surface area contributed by atoms with Gasteiger partial charge in [-0.2, -0.15) is 5.26 Å². The van der Waals surface area contributed by atoms with Crippen molar-refractivity contribution >= 4 is 34.2 Å². The summed E-state index contributed by atoms with van der Waals surface area (Å²) in [6.45, 7) is 3.80. The quantitative estimate of drug-likeness (QED) is 0.318. The SMILES string of the molecule is COC(=O)c1nc(Cl)ccc1N[C@H](C)c1cc(C)cc2c(=O)n(C)c(-c3ccccc3C#N)nc12. The van der Waals surface area contributed by atoms with Crippen LogP contribution in [0.15, 0.2) is 53.3 Å². The van der Waals surface area contributed by atoms with E-state index in [0.29, 0.717) is 33.5 Å². The van der Waals surface area contributed by atoms with E-state index in [1.54, 1.807) is 49.5 Å². The van der Waals surface area contributed by atoms with Gasteiger partial charge in [-0.1, -0.05) is 29.8 Å². The van der Waals surface area contributed by atoms with Crippen LogP contribution in [0, 0.1) is 18.3 Å². The van der Waals surface area contributed by atoms with Crippen molar-refractivity contribution in [2.45, 2.75) is 19.9 Å². The number of ether oxygens (including phenoxy) is 1. The van der Waals surface area contributed by atoms with Crippen LogP contribution in [0.2, 0.25) is 5.15 Å². The van der Waals surface area contributed by atoms with Crippen molar-refractivity contribution < 1.29 is 9.53 Å². The lowest BCUT2D eigenvalue weighted by Crippen LogP contribution is -2.22. The first-order valence-corrected chi connectivity index (χ1v) is 11.1. The number of aryl methyl sites for hydroxylation is 1. The molecule has 2 aromatic heterocycles. The van der Waals surface area contributed by atoms with Gasteiger partial charge in [0, 0.05) is 18.2 Å². The van der Waals surface area contributed by atoms with Crippen molar-refractivity contribution in [3.8, 4) is 17.5 Å². The molecule has 0 aliphatic carbocycles. The Morgan fingerprint density at radius 3 is 2.66 bits per heavy atom. The molecule has 0 aliphatic heterocycles. The second-order valence-corrected chi connectivity index (χ2v) is 8.48. The Bertz CT molecular complexity index is 1570. The van der Waals surface area contributed by atoms with Crippen LogP contribution < -0.4 is 10.9 Å². The molecule has 1 atom stereocenters. The van der Waals surface area contributed by atoms with E-state index in [-0.39, 0.29) is 22.4 Å². The first kappa shape index (κ1) is 23.9. The number of nitriles is 1. The second-order valence-electron chi connectivity index (χ2n) is 8.10. The van der Waals surface area contributed by atoms with Gasteiger partial charge in [0.05, 0.1) is 41.4 Å². The van der Waals surface area contributed by atoms with E-state index < -0.39 is 5.97 Å². The topological polar surface area (TPSA) is 110 Å². The maximum Gasteiger partial charge on any atom is 0.358 e. The fraction of sp³-hybridized carbons (Fsp3) is 0.192. The zero-order chi connectivity index (χ0) is 25.3. The van der Waals surface area contributed by atoms with Crippen molar-refractivity contribution in [3.05, 3.63) is 86.4 Å². The molecule has 9 heteroatoms. The zero-order valence-corrected chi connectivity index (χ0v) is 20.3. The molecular formula is C26H22ClN5O3. The first-order valence-electron chi connectivity index (χ1n) is 10.8. The average molecular weight is 488 g/mol. The van der Waals surface area contributed by atoms with Gasteiger partial charge in [0.15, 0.2) is 5.69 Å². The number of carbonyl (C=O) groups is 1. The minimum Gasteiger partial charge on any atom is -0.464 e. The van der Waals surface area contributed by atoms with Crippen LogP contribution >= 0.6 is 11.6 Å².